The molecule has 144 valence electrons. The minimum atomic E-state index is -0.864. The molecule has 0 unspecified atom stereocenters. The Morgan fingerprint density at radius 3 is 2.54 bits per heavy atom. The molecule has 0 saturated heterocycles. The van der Waals surface area contributed by atoms with Crippen LogP contribution in [-0.4, -0.2) is 37.8 Å². The predicted octanol–water partition coefficient (Wildman–Crippen LogP) is 3.65. The molecule has 0 spiro atoms. The largest absolute Gasteiger partial charge is 0.492 e. The van der Waals surface area contributed by atoms with E-state index in [1.165, 1.54) is 0 Å². The Balaban J connectivity index is 2.22. The summed E-state index contributed by atoms with van der Waals surface area (Å²) < 4.78 is 16.3. The highest BCUT2D eigenvalue weighted by molar-refractivity contribution is 6.00. The van der Waals surface area contributed by atoms with Crippen LogP contribution < -0.4 is 10.1 Å². The monoisotopic (exact) mass is 363 g/mol. The van der Waals surface area contributed by atoms with E-state index in [1.807, 2.05) is 13.8 Å². The van der Waals surface area contributed by atoms with Gasteiger partial charge in [0.1, 0.15) is 16.9 Å². The van der Waals surface area contributed by atoms with Gasteiger partial charge in [-0.2, -0.15) is 0 Å². The maximum atomic E-state index is 12.7. The first-order valence-corrected chi connectivity index (χ1v) is 9.12. The van der Waals surface area contributed by atoms with E-state index in [9.17, 15) is 9.59 Å². The first-order valence-electron chi connectivity index (χ1n) is 9.12. The summed E-state index contributed by atoms with van der Waals surface area (Å²) in [4.78, 5) is 25.0. The van der Waals surface area contributed by atoms with Crippen LogP contribution in [0.2, 0.25) is 0 Å². The van der Waals surface area contributed by atoms with Crippen LogP contribution in [-0.2, 0) is 14.3 Å². The van der Waals surface area contributed by atoms with Crippen molar-refractivity contribution < 1.29 is 23.8 Å². The zero-order valence-electron chi connectivity index (χ0n) is 16.3. The predicted molar refractivity (Wildman–Crippen MR) is 99.5 cm³/mol. The van der Waals surface area contributed by atoms with Crippen molar-refractivity contribution in [3.05, 3.63) is 23.8 Å². The van der Waals surface area contributed by atoms with Gasteiger partial charge in [-0.15, -0.1) is 0 Å². The molecule has 1 saturated carbocycles. The number of anilines is 1. The van der Waals surface area contributed by atoms with E-state index in [0.29, 0.717) is 29.5 Å². The van der Waals surface area contributed by atoms with Crippen molar-refractivity contribution in [3.63, 3.8) is 0 Å². The summed E-state index contributed by atoms with van der Waals surface area (Å²) in [5.74, 6) is 0.315. The summed E-state index contributed by atoms with van der Waals surface area (Å²) >= 11 is 0. The average Bonchev–Trinajstić information content (AvgIpc) is 3.45. The zero-order valence-corrected chi connectivity index (χ0v) is 16.3. The Kier molecular flexibility index (Phi) is 6.64. The standard InChI is InChI=1S/C20H29NO5/c1-6-25-18(22)16-11-15(9-10-17(16)26-12-13(2)3)21-19(23)20(4,24-5)14-7-8-14/h9-11,13-14H,6-8,12H2,1-5H3,(H,21,23)/t20-/m0/s1. The Hall–Kier alpha value is -2.08. The van der Waals surface area contributed by atoms with E-state index in [-0.39, 0.29) is 18.4 Å². The third kappa shape index (κ3) is 4.75. The van der Waals surface area contributed by atoms with Crippen molar-refractivity contribution in [1.82, 2.24) is 0 Å². The first-order chi connectivity index (χ1) is 12.3. The summed E-state index contributed by atoms with van der Waals surface area (Å²) in [6, 6.07) is 5.00. The minimum Gasteiger partial charge on any atom is -0.492 e. The molecule has 0 heterocycles. The van der Waals surface area contributed by atoms with Gasteiger partial charge in [0.05, 0.1) is 13.2 Å². The lowest BCUT2D eigenvalue weighted by atomic mass is 9.99. The van der Waals surface area contributed by atoms with Crippen LogP contribution >= 0.6 is 0 Å². The Bertz CT molecular complexity index is 654. The van der Waals surface area contributed by atoms with Crippen LogP contribution in [0.3, 0.4) is 0 Å². The van der Waals surface area contributed by atoms with Gasteiger partial charge < -0.3 is 19.5 Å². The van der Waals surface area contributed by atoms with Gasteiger partial charge in [-0.05, 0) is 56.7 Å². The summed E-state index contributed by atoms with van der Waals surface area (Å²) in [5, 5.41) is 2.86. The highest BCUT2D eigenvalue weighted by Gasteiger charge is 2.47. The number of carbonyl (C=O) groups is 2. The van der Waals surface area contributed by atoms with Gasteiger partial charge in [0.15, 0.2) is 0 Å². The van der Waals surface area contributed by atoms with E-state index in [0.717, 1.165) is 12.8 Å². The number of hydrogen-bond donors (Lipinski definition) is 1. The number of amides is 1. The molecule has 1 amide bonds. The molecular formula is C20H29NO5. The van der Waals surface area contributed by atoms with Gasteiger partial charge in [0, 0.05) is 12.8 Å². The van der Waals surface area contributed by atoms with E-state index in [4.69, 9.17) is 14.2 Å². The fourth-order valence-corrected chi connectivity index (χ4v) is 2.69. The molecule has 0 radical (unpaired) electrons. The SMILES string of the molecule is CCOC(=O)c1cc(NC(=O)[C@@](C)(OC)C2CC2)ccc1OCC(C)C. The molecule has 1 aromatic carbocycles. The number of benzene rings is 1. The number of esters is 1. The molecule has 6 heteroatoms. The number of carbonyl (C=O) groups excluding carboxylic acids is 2. The summed E-state index contributed by atoms with van der Waals surface area (Å²) in [6.45, 7) is 8.36. The van der Waals surface area contributed by atoms with Crippen LogP contribution in [0.25, 0.3) is 0 Å². The van der Waals surface area contributed by atoms with Crippen LogP contribution in [0.15, 0.2) is 18.2 Å². The van der Waals surface area contributed by atoms with Gasteiger partial charge in [0.25, 0.3) is 5.91 Å². The number of rotatable bonds is 9. The second kappa shape index (κ2) is 8.54. The van der Waals surface area contributed by atoms with Crippen molar-refractivity contribution in [3.8, 4) is 5.75 Å². The Labute approximate surface area is 155 Å². The van der Waals surface area contributed by atoms with E-state index in [1.54, 1.807) is 39.2 Å². The van der Waals surface area contributed by atoms with Crippen LogP contribution in [0.4, 0.5) is 5.69 Å². The van der Waals surface area contributed by atoms with Gasteiger partial charge in [-0.1, -0.05) is 13.8 Å². The quantitative estimate of drug-likeness (QED) is 0.678. The van der Waals surface area contributed by atoms with Crippen molar-refractivity contribution in [2.45, 2.75) is 46.1 Å². The van der Waals surface area contributed by atoms with Crippen LogP contribution in [0.5, 0.6) is 5.75 Å². The lowest BCUT2D eigenvalue weighted by Crippen LogP contribution is -2.44. The minimum absolute atomic E-state index is 0.215. The lowest BCUT2D eigenvalue weighted by Gasteiger charge is -2.26. The van der Waals surface area contributed by atoms with Gasteiger partial charge in [-0.3, -0.25) is 4.79 Å². The van der Waals surface area contributed by atoms with Crippen LogP contribution in [0.1, 0.15) is 50.9 Å². The van der Waals surface area contributed by atoms with Gasteiger partial charge >= 0.3 is 5.97 Å². The maximum absolute atomic E-state index is 12.7. The topological polar surface area (TPSA) is 73.9 Å². The number of hydrogen-bond acceptors (Lipinski definition) is 5. The fraction of sp³-hybridized carbons (Fsp3) is 0.600. The Morgan fingerprint density at radius 2 is 2.00 bits per heavy atom. The highest BCUT2D eigenvalue weighted by atomic mass is 16.5. The van der Waals surface area contributed by atoms with Gasteiger partial charge in [0.2, 0.25) is 0 Å². The number of nitrogens with one attached hydrogen (secondary N) is 1. The van der Waals surface area contributed by atoms with Crippen molar-refractivity contribution in [2.75, 3.05) is 25.6 Å². The smallest absolute Gasteiger partial charge is 0.341 e. The molecule has 0 bridgehead atoms. The molecule has 1 atom stereocenters. The molecule has 1 aliphatic carbocycles. The van der Waals surface area contributed by atoms with Crippen molar-refractivity contribution in [1.29, 1.82) is 0 Å². The molecule has 1 fully saturated rings. The molecule has 0 aliphatic heterocycles. The molecule has 2 rings (SSSR count). The van der Waals surface area contributed by atoms with Gasteiger partial charge in [-0.25, -0.2) is 4.79 Å². The summed E-state index contributed by atoms with van der Waals surface area (Å²) in [7, 11) is 1.55. The van der Waals surface area contributed by atoms with E-state index >= 15 is 0 Å². The molecule has 26 heavy (non-hydrogen) atoms. The Morgan fingerprint density at radius 1 is 1.31 bits per heavy atom. The molecule has 0 aromatic heterocycles. The van der Waals surface area contributed by atoms with Crippen LogP contribution in [0, 0.1) is 11.8 Å². The third-order valence-corrected chi connectivity index (χ3v) is 4.54. The second-order valence-corrected chi connectivity index (χ2v) is 7.18. The first kappa shape index (κ1) is 20.2. The summed E-state index contributed by atoms with van der Waals surface area (Å²) in [5.41, 5.74) is -0.0496. The maximum Gasteiger partial charge on any atom is 0.341 e. The zero-order chi connectivity index (χ0) is 19.3. The summed E-state index contributed by atoms with van der Waals surface area (Å²) in [6.07, 6.45) is 1.96. The van der Waals surface area contributed by atoms with E-state index in [2.05, 4.69) is 5.32 Å². The lowest BCUT2D eigenvalue weighted by molar-refractivity contribution is -0.138. The van der Waals surface area contributed by atoms with Crippen molar-refractivity contribution in [2.24, 2.45) is 11.8 Å². The highest BCUT2D eigenvalue weighted by Crippen LogP contribution is 2.42. The molecule has 1 N–H and O–H groups in total. The average molecular weight is 363 g/mol. The molecule has 6 nitrogen and oxygen atoms in total. The second-order valence-electron chi connectivity index (χ2n) is 7.18. The molecule has 1 aromatic rings. The van der Waals surface area contributed by atoms with E-state index < -0.39 is 11.6 Å². The number of ether oxygens (including phenoxy) is 3. The molecule has 1 aliphatic rings. The molecular weight excluding hydrogens is 334 g/mol. The normalized spacial score (nSPS) is 16.1. The number of methoxy groups -OCH3 is 1. The third-order valence-electron chi connectivity index (χ3n) is 4.54. The fourth-order valence-electron chi connectivity index (χ4n) is 2.69. The van der Waals surface area contributed by atoms with Crippen molar-refractivity contribution >= 4 is 17.6 Å².